The smallest absolute Gasteiger partial charge is 0.416 e. The normalized spacial score (nSPS) is 18.5. The molecule has 1 heterocycles. The predicted octanol–water partition coefficient (Wildman–Crippen LogP) is 4.66. The summed E-state index contributed by atoms with van der Waals surface area (Å²) in [7, 11) is 0. The van der Waals surface area contributed by atoms with Gasteiger partial charge >= 0.3 is 6.18 Å². The van der Waals surface area contributed by atoms with Crippen LogP contribution in [0, 0.1) is 0 Å². The topological polar surface area (TPSA) is 12.5 Å². The highest BCUT2D eigenvalue weighted by Crippen LogP contribution is 2.33. The van der Waals surface area contributed by atoms with Crippen molar-refractivity contribution in [3.8, 4) is 5.75 Å². The van der Waals surface area contributed by atoms with Crippen LogP contribution in [0.15, 0.2) is 48.5 Å². The molecule has 0 N–H and O–H groups in total. The van der Waals surface area contributed by atoms with Crippen LogP contribution in [0.2, 0.25) is 0 Å². The first-order valence-corrected chi connectivity index (χ1v) is 7.61. The van der Waals surface area contributed by atoms with Gasteiger partial charge in [-0.1, -0.05) is 31.2 Å². The van der Waals surface area contributed by atoms with Crippen LogP contribution in [0.3, 0.4) is 0 Å². The largest absolute Gasteiger partial charge is 0.484 e. The zero-order chi connectivity index (χ0) is 16.4. The summed E-state index contributed by atoms with van der Waals surface area (Å²) in [6.07, 6.45) is -4.49. The molecule has 23 heavy (non-hydrogen) atoms. The molecule has 1 unspecified atom stereocenters. The van der Waals surface area contributed by atoms with Gasteiger partial charge in [-0.05, 0) is 41.9 Å². The molecule has 2 nitrogen and oxygen atoms in total. The van der Waals surface area contributed by atoms with Crippen molar-refractivity contribution >= 4 is 0 Å². The highest BCUT2D eigenvalue weighted by Gasteiger charge is 2.30. The molecule has 3 rings (SSSR count). The molecule has 0 aliphatic carbocycles. The molecule has 2 aromatic rings. The Morgan fingerprint density at radius 1 is 1.09 bits per heavy atom. The highest BCUT2D eigenvalue weighted by molar-refractivity contribution is 5.34. The molecule has 1 atom stereocenters. The number of likely N-dealkylation sites (N-methyl/N-ethyl adjacent to an activating group) is 1. The fraction of sp³-hybridized carbons (Fsp3) is 0.333. The fourth-order valence-corrected chi connectivity index (χ4v) is 2.86. The minimum atomic E-state index is -4.32. The summed E-state index contributed by atoms with van der Waals surface area (Å²) >= 11 is 0. The zero-order valence-corrected chi connectivity index (χ0v) is 12.8. The standard InChI is InChI=1S/C18H18F3NO/c1-2-22-11-13-5-3-4-6-16(13)17(12-22)23-15-9-7-14(8-10-15)18(19,20)21/h3-10,17H,2,11-12H2,1H3. The third-order valence-electron chi connectivity index (χ3n) is 4.13. The van der Waals surface area contributed by atoms with Crippen LogP contribution in [0.1, 0.15) is 29.7 Å². The Morgan fingerprint density at radius 3 is 2.43 bits per heavy atom. The van der Waals surface area contributed by atoms with E-state index in [1.54, 1.807) is 0 Å². The quantitative estimate of drug-likeness (QED) is 0.815. The molecule has 0 spiro atoms. The number of hydrogen-bond acceptors (Lipinski definition) is 2. The maximum absolute atomic E-state index is 12.6. The first kappa shape index (κ1) is 15.9. The van der Waals surface area contributed by atoms with Gasteiger partial charge < -0.3 is 4.74 Å². The maximum atomic E-state index is 12.6. The molecule has 5 heteroatoms. The molecule has 0 amide bonds. The minimum absolute atomic E-state index is 0.170. The van der Waals surface area contributed by atoms with Crippen molar-refractivity contribution in [3.63, 3.8) is 0 Å². The van der Waals surface area contributed by atoms with E-state index in [2.05, 4.69) is 17.9 Å². The van der Waals surface area contributed by atoms with Gasteiger partial charge in [0, 0.05) is 13.1 Å². The van der Waals surface area contributed by atoms with E-state index < -0.39 is 11.7 Å². The Morgan fingerprint density at radius 2 is 1.78 bits per heavy atom. The van der Waals surface area contributed by atoms with Crippen molar-refractivity contribution in [1.82, 2.24) is 4.90 Å². The van der Waals surface area contributed by atoms with Gasteiger partial charge in [0.25, 0.3) is 0 Å². The van der Waals surface area contributed by atoms with Gasteiger partial charge in [-0.25, -0.2) is 0 Å². The Hall–Kier alpha value is -2.01. The molecule has 1 aliphatic heterocycles. The van der Waals surface area contributed by atoms with E-state index in [-0.39, 0.29) is 6.10 Å². The van der Waals surface area contributed by atoms with Crippen LogP contribution in [0.25, 0.3) is 0 Å². The lowest BCUT2D eigenvalue weighted by Crippen LogP contribution is -2.35. The van der Waals surface area contributed by atoms with Crippen LogP contribution in [-0.2, 0) is 12.7 Å². The lowest BCUT2D eigenvalue weighted by atomic mass is 9.97. The van der Waals surface area contributed by atoms with Gasteiger partial charge in [-0.3, -0.25) is 4.90 Å². The third-order valence-corrected chi connectivity index (χ3v) is 4.13. The van der Waals surface area contributed by atoms with E-state index >= 15 is 0 Å². The van der Waals surface area contributed by atoms with E-state index in [1.165, 1.54) is 17.7 Å². The lowest BCUT2D eigenvalue weighted by molar-refractivity contribution is -0.137. The van der Waals surface area contributed by atoms with E-state index in [4.69, 9.17) is 4.74 Å². The van der Waals surface area contributed by atoms with E-state index in [0.29, 0.717) is 5.75 Å². The monoisotopic (exact) mass is 321 g/mol. The summed E-state index contributed by atoms with van der Waals surface area (Å²) in [4.78, 5) is 2.26. The average molecular weight is 321 g/mol. The van der Waals surface area contributed by atoms with Gasteiger partial charge in [-0.2, -0.15) is 13.2 Å². The summed E-state index contributed by atoms with van der Waals surface area (Å²) in [5.74, 6) is 0.454. The Balaban J connectivity index is 1.82. The van der Waals surface area contributed by atoms with Crippen LogP contribution >= 0.6 is 0 Å². The lowest BCUT2D eigenvalue weighted by Gasteiger charge is -2.34. The molecular formula is C18H18F3NO. The molecule has 0 radical (unpaired) electrons. The predicted molar refractivity (Wildman–Crippen MR) is 82.2 cm³/mol. The third kappa shape index (κ3) is 3.50. The second kappa shape index (κ2) is 6.24. The number of nitrogens with zero attached hydrogens (tertiary/aromatic N) is 1. The summed E-state index contributed by atoms with van der Waals surface area (Å²) < 4.78 is 43.8. The molecule has 2 aromatic carbocycles. The van der Waals surface area contributed by atoms with Crippen LogP contribution in [-0.4, -0.2) is 18.0 Å². The SMILES string of the molecule is CCN1Cc2ccccc2C(Oc2ccc(C(F)(F)F)cc2)C1. The molecular weight excluding hydrogens is 303 g/mol. The molecule has 0 aromatic heterocycles. The van der Waals surface area contributed by atoms with Crippen LogP contribution in [0.5, 0.6) is 5.75 Å². The van der Waals surface area contributed by atoms with Gasteiger partial charge in [0.15, 0.2) is 0 Å². The number of hydrogen-bond donors (Lipinski definition) is 0. The summed E-state index contributed by atoms with van der Waals surface area (Å²) in [6.45, 7) is 4.60. The number of halogens is 3. The number of alkyl halides is 3. The number of ether oxygens (including phenoxy) is 1. The Kier molecular flexibility index (Phi) is 4.31. The fourth-order valence-electron chi connectivity index (χ4n) is 2.86. The van der Waals surface area contributed by atoms with Crippen molar-refractivity contribution in [3.05, 3.63) is 65.2 Å². The van der Waals surface area contributed by atoms with E-state index in [9.17, 15) is 13.2 Å². The first-order valence-electron chi connectivity index (χ1n) is 7.61. The second-order valence-corrected chi connectivity index (χ2v) is 5.66. The van der Waals surface area contributed by atoms with Gasteiger partial charge in [0.1, 0.15) is 11.9 Å². The van der Waals surface area contributed by atoms with Crippen molar-refractivity contribution in [2.24, 2.45) is 0 Å². The Labute approximate surface area is 133 Å². The summed E-state index contributed by atoms with van der Waals surface area (Å²) in [5.41, 5.74) is 1.65. The van der Waals surface area contributed by atoms with Crippen LogP contribution < -0.4 is 4.74 Å². The van der Waals surface area contributed by atoms with Gasteiger partial charge in [0.2, 0.25) is 0 Å². The van der Waals surface area contributed by atoms with Gasteiger partial charge in [-0.15, -0.1) is 0 Å². The summed E-state index contributed by atoms with van der Waals surface area (Å²) in [6, 6.07) is 12.9. The average Bonchev–Trinajstić information content (AvgIpc) is 2.54. The van der Waals surface area contributed by atoms with Crippen LogP contribution in [0.4, 0.5) is 13.2 Å². The van der Waals surface area contributed by atoms with E-state index in [1.807, 2.05) is 18.2 Å². The molecule has 0 saturated carbocycles. The molecule has 0 fully saturated rings. The van der Waals surface area contributed by atoms with E-state index in [0.717, 1.165) is 37.3 Å². The van der Waals surface area contributed by atoms with Crippen molar-refractivity contribution in [1.29, 1.82) is 0 Å². The molecule has 0 bridgehead atoms. The number of fused-ring (bicyclic) bond motifs is 1. The second-order valence-electron chi connectivity index (χ2n) is 5.66. The maximum Gasteiger partial charge on any atom is 0.416 e. The van der Waals surface area contributed by atoms with Gasteiger partial charge in [0.05, 0.1) is 5.56 Å². The van der Waals surface area contributed by atoms with Crippen molar-refractivity contribution in [2.75, 3.05) is 13.1 Å². The zero-order valence-electron chi connectivity index (χ0n) is 12.8. The number of rotatable bonds is 3. The van der Waals surface area contributed by atoms with Crippen molar-refractivity contribution in [2.45, 2.75) is 25.7 Å². The highest BCUT2D eigenvalue weighted by atomic mass is 19.4. The summed E-state index contributed by atoms with van der Waals surface area (Å²) in [5, 5.41) is 0. The Bertz CT molecular complexity index is 667. The minimum Gasteiger partial charge on any atom is -0.484 e. The van der Waals surface area contributed by atoms with Crippen molar-refractivity contribution < 1.29 is 17.9 Å². The molecule has 0 saturated heterocycles. The first-order chi connectivity index (χ1) is 11.0. The molecule has 122 valence electrons. The number of benzene rings is 2. The molecule has 1 aliphatic rings.